The monoisotopic (exact) mass is 381 g/mol. The van der Waals surface area contributed by atoms with E-state index in [4.69, 9.17) is 16.9 Å². The number of benzene rings is 1. The molecule has 0 unspecified atom stereocenters. The van der Waals surface area contributed by atoms with Crippen LogP contribution in [0.1, 0.15) is 12.5 Å². The van der Waals surface area contributed by atoms with Crippen molar-refractivity contribution in [3.05, 3.63) is 28.8 Å². The molecule has 2 rings (SSSR count). The number of nitrogens with zero attached hydrogens (tertiary/aromatic N) is 3. The molecule has 0 aliphatic carbocycles. The molecule has 0 radical (unpaired) electrons. The number of sulfonamides is 1. The highest BCUT2D eigenvalue weighted by Crippen LogP contribution is 2.34. The number of hydrogen-bond donors (Lipinski definition) is 0. The van der Waals surface area contributed by atoms with Crippen LogP contribution in [-0.2, 0) is 16.2 Å². The lowest BCUT2D eigenvalue weighted by Gasteiger charge is -2.35. The van der Waals surface area contributed by atoms with Crippen molar-refractivity contribution in [1.29, 1.82) is 5.26 Å². The maximum absolute atomic E-state index is 12.8. The number of halogens is 4. The molecule has 1 heterocycles. The summed E-state index contributed by atoms with van der Waals surface area (Å²) in [5, 5.41) is 8.63. The van der Waals surface area contributed by atoms with Crippen LogP contribution in [0.3, 0.4) is 0 Å². The standard InChI is InChI=1S/C14H15ClF3N3O2S/c1-10(9-19)20-4-6-21(7-5-20)24(22,23)13-8-11(14(16,17)18)2-3-12(13)15/h2-3,8,10H,4-7H2,1H3/t10-/m0/s1. The van der Waals surface area contributed by atoms with Gasteiger partial charge in [-0.1, -0.05) is 11.6 Å². The lowest BCUT2D eigenvalue weighted by molar-refractivity contribution is -0.137. The third-order valence-electron chi connectivity index (χ3n) is 3.88. The highest BCUT2D eigenvalue weighted by molar-refractivity contribution is 7.89. The maximum Gasteiger partial charge on any atom is 0.416 e. The Morgan fingerprint density at radius 2 is 1.83 bits per heavy atom. The Bertz CT molecular complexity index is 754. The topological polar surface area (TPSA) is 64.4 Å². The highest BCUT2D eigenvalue weighted by atomic mass is 35.5. The first kappa shape index (κ1) is 19.0. The van der Waals surface area contributed by atoms with Gasteiger partial charge in [-0.2, -0.15) is 22.7 Å². The number of piperazine rings is 1. The van der Waals surface area contributed by atoms with E-state index in [1.807, 2.05) is 0 Å². The molecule has 0 aromatic heterocycles. The summed E-state index contributed by atoms with van der Waals surface area (Å²) in [6.07, 6.45) is -4.66. The molecular weight excluding hydrogens is 367 g/mol. The minimum absolute atomic E-state index is 0.0843. The van der Waals surface area contributed by atoms with Gasteiger partial charge in [-0.15, -0.1) is 0 Å². The van der Waals surface area contributed by atoms with Crippen molar-refractivity contribution >= 4 is 21.6 Å². The highest BCUT2D eigenvalue weighted by Gasteiger charge is 2.35. The van der Waals surface area contributed by atoms with Gasteiger partial charge in [0.2, 0.25) is 10.0 Å². The first-order valence-corrected chi connectivity index (χ1v) is 8.89. The minimum atomic E-state index is -4.66. The molecule has 24 heavy (non-hydrogen) atoms. The zero-order valence-corrected chi connectivity index (χ0v) is 14.3. The molecule has 0 bridgehead atoms. The lowest BCUT2D eigenvalue weighted by Crippen LogP contribution is -2.51. The Balaban J connectivity index is 2.28. The summed E-state index contributed by atoms with van der Waals surface area (Å²) >= 11 is 5.82. The van der Waals surface area contributed by atoms with Crippen LogP contribution in [0.5, 0.6) is 0 Å². The van der Waals surface area contributed by atoms with Crippen LogP contribution in [0.2, 0.25) is 5.02 Å². The number of alkyl halides is 3. The molecular formula is C14H15ClF3N3O2S. The SMILES string of the molecule is C[C@@H](C#N)N1CCN(S(=O)(=O)c2cc(C(F)(F)F)ccc2Cl)CC1. The molecule has 1 aliphatic heterocycles. The number of rotatable bonds is 3. The normalized spacial score (nSPS) is 19.0. The van der Waals surface area contributed by atoms with Crippen molar-refractivity contribution in [1.82, 2.24) is 9.21 Å². The van der Waals surface area contributed by atoms with Gasteiger partial charge in [-0.3, -0.25) is 4.90 Å². The van der Waals surface area contributed by atoms with E-state index in [0.29, 0.717) is 19.2 Å². The van der Waals surface area contributed by atoms with Gasteiger partial charge in [-0.25, -0.2) is 8.42 Å². The molecule has 5 nitrogen and oxygen atoms in total. The fourth-order valence-corrected chi connectivity index (χ4v) is 4.35. The Labute approximate surface area is 143 Å². The van der Waals surface area contributed by atoms with Crippen LogP contribution < -0.4 is 0 Å². The summed E-state index contributed by atoms with van der Waals surface area (Å²) in [4.78, 5) is 1.25. The quantitative estimate of drug-likeness (QED) is 0.807. The van der Waals surface area contributed by atoms with E-state index < -0.39 is 26.7 Å². The molecule has 132 valence electrons. The molecule has 1 aliphatic rings. The molecule has 10 heteroatoms. The van der Waals surface area contributed by atoms with E-state index >= 15 is 0 Å². The van der Waals surface area contributed by atoms with E-state index in [-0.39, 0.29) is 24.2 Å². The molecule has 1 fully saturated rings. The predicted octanol–water partition coefficient (Wildman–Crippen LogP) is 2.58. The first-order chi connectivity index (χ1) is 11.1. The van der Waals surface area contributed by atoms with Gasteiger partial charge < -0.3 is 0 Å². The Kier molecular flexibility index (Phi) is 5.44. The smallest absolute Gasteiger partial charge is 0.286 e. The molecule has 1 saturated heterocycles. The van der Waals surface area contributed by atoms with Gasteiger partial charge in [0.15, 0.2) is 0 Å². The van der Waals surface area contributed by atoms with E-state index in [9.17, 15) is 21.6 Å². The van der Waals surface area contributed by atoms with Crippen LogP contribution in [0.15, 0.2) is 23.1 Å². The van der Waals surface area contributed by atoms with Crippen LogP contribution in [0, 0.1) is 11.3 Å². The van der Waals surface area contributed by atoms with Crippen molar-refractivity contribution in [2.24, 2.45) is 0 Å². The average Bonchev–Trinajstić information content (AvgIpc) is 2.53. The van der Waals surface area contributed by atoms with Crippen LogP contribution in [0.4, 0.5) is 13.2 Å². The van der Waals surface area contributed by atoms with Crippen LogP contribution in [-0.4, -0.2) is 49.8 Å². The molecule has 1 aromatic rings. The molecule has 0 N–H and O–H groups in total. The summed E-state index contributed by atoms with van der Waals surface area (Å²) in [5.74, 6) is 0. The van der Waals surface area contributed by atoms with E-state index in [2.05, 4.69) is 6.07 Å². The first-order valence-electron chi connectivity index (χ1n) is 7.08. The van der Waals surface area contributed by atoms with E-state index in [0.717, 1.165) is 16.4 Å². The third-order valence-corrected chi connectivity index (χ3v) is 6.26. The number of hydrogen-bond acceptors (Lipinski definition) is 4. The van der Waals surface area contributed by atoms with Gasteiger partial charge in [0.25, 0.3) is 0 Å². The Morgan fingerprint density at radius 1 is 1.25 bits per heavy atom. The Hall–Kier alpha value is -1.34. The summed E-state index contributed by atoms with van der Waals surface area (Å²) < 4.78 is 64.8. The molecule has 0 spiro atoms. The molecule has 0 saturated carbocycles. The van der Waals surface area contributed by atoms with E-state index in [1.54, 1.807) is 11.8 Å². The van der Waals surface area contributed by atoms with E-state index in [1.165, 1.54) is 0 Å². The summed E-state index contributed by atoms with van der Waals surface area (Å²) in [6.45, 7) is 2.52. The fourth-order valence-electron chi connectivity index (χ4n) is 2.43. The third kappa shape index (κ3) is 3.83. The predicted molar refractivity (Wildman–Crippen MR) is 81.9 cm³/mol. The van der Waals surface area contributed by atoms with Gasteiger partial charge in [0, 0.05) is 26.2 Å². The summed E-state index contributed by atoms with van der Waals surface area (Å²) in [6, 6.07) is 3.95. The second kappa shape index (κ2) is 6.88. The molecule has 0 amide bonds. The fraction of sp³-hybridized carbons (Fsp3) is 0.500. The second-order valence-electron chi connectivity index (χ2n) is 5.39. The summed E-state index contributed by atoms with van der Waals surface area (Å²) in [7, 11) is -4.14. The molecule has 1 atom stereocenters. The van der Waals surface area contributed by atoms with Gasteiger partial charge in [0.05, 0.1) is 22.7 Å². The van der Waals surface area contributed by atoms with Crippen molar-refractivity contribution in [2.45, 2.75) is 24.0 Å². The van der Waals surface area contributed by atoms with Gasteiger partial charge >= 0.3 is 6.18 Å². The van der Waals surface area contributed by atoms with Gasteiger partial charge in [0.1, 0.15) is 4.90 Å². The Morgan fingerprint density at radius 3 is 2.33 bits per heavy atom. The number of nitriles is 1. The van der Waals surface area contributed by atoms with Crippen molar-refractivity contribution < 1.29 is 21.6 Å². The zero-order valence-electron chi connectivity index (χ0n) is 12.7. The second-order valence-corrected chi connectivity index (χ2v) is 7.70. The maximum atomic E-state index is 12.8. The van der Waals surface area contributed by atoms with Crippen molar-refractivity contribution in [2.75, 3.05) is 26.2 Å². The van der Waals surface area contributed by atoms with Crippen molar-refractivity contribution in [3.63, 3.8) is 0 Å². The van der Waals surface area contributed by atoms with Crippen LogP contribution >= 0.6 is 11.6 Å². The molecule has 1 aromatic carbocycles. The van der Waals surface area contributed by atoms with Crippen molar-refractivity contribution in [3.8, 4) is 6.07 Å². The summed E-state index contributed by atoms with van der Waals surface area (Å²) in [5.41, 5.74) is -1.07. The largest absolute Gasteiger partial charge is 0.416 e. The van der Waals surface area contributed by atoms with Gasteiger partial charge in [-0.05, 0) is 25.1 Å². The minimum Gasteiger partial charge on any atom is -0.286 e. The zero-order chi connectivity index (χ0) is 18.1. The average molecular weight is 382 g/mol. The van der Waals surface area contributed by atoms with Crippen LogP contribution in [0.25, 0.3) is 0 Å². The lowest BCUT2D eigenvalue weighted by atomic mass is 10.2.